The number of nitrogens with zero attached hydrogens (tertiary/aromatic N) is 3. The number of amides is 3. The monoisotopic (exact) mass is 362 g/mol. The van der Waals surface area contributed by atoms with Crippen molar-refractivity contribution >= 4 is 35.1 Å². The van der Waals surface area contributed by atoms with Crippen molar-refractivity contribution in [2.75, 3.05) is 32.7 Å². The quantitative estimate of drug-likeness (QED) is 0.469. The number of rotatable bonds is 3. The minimum absolute atomic E-state index is 0.0567. The Morgan fingerprint density at radius 2 is 2.04 bits per heavy atom. The van der Waals surface area contributed by atoms with Gasteiger partial charge >= 0.3 is 0 Å². The lowest BCUT2D eigenvalue weighted by molar-refractivity contribution is -0.129. The third-order valence-corrected chi connectivity index (χ3v) is 4.47. The van der Waals surface area contributed by atoms with E-state index in [9.17, 15) is 14.4 Å². The molecule has 2 aliphatic rings. The molecule has 3 amide bonds. The normalized spacial score (nSPS) is 20.3. The van der Waals surface area contributed by atoms with Gasteiger partial charge in [-0.15, -0.1) is 0 Å². The van der Waals surface area contributed by atoms with Crippen LogP contribution in [0.3, 0.4) is 0 Å². The number of carbonyl (C=O) groups is 3. The van der Waals surface area contributed by atoms with Crippen molar-refractivity contribution in [2.24, 2.45) is 0 Å². The van der Waals surface area contributed by atoms with Crippen LogP contribution in [0.15, 0.2) is 34.6 Å². The van der Waals surface area contributed by atoms with E-state index < -0.39 is 11.8 Å². The molecule has 0 spiro atoms. The van der Waals surface area contributed by atoms with Gasteiger partial charge in [0.25, 0.3) is 17.7 Å². The third-order valence-electron chi connectivity index (χ3n) is 4.15. The van der Waals surface area contributed by atoms with Gasteiger partial charge in [0.2, 0.25) is 0 Å². The van der Waals surface area contributed by atoms with Crippen LogP contribution in [0.2, 0.25) is 0 Å². The lowest BCUT2D eigenvalue weighted by atomic mass is 10.2. The highest BCUT2D eigenvalue weighted by molar-refractivity contribution is 7.80. The minimum atomic E-state index is -0.492. The summed E-state index contributed by atoms with van der Waals surface area (Å²) in [6.45, 7) is 4.18. The molecule has 2 aliphatic heterocycles. The van der Waals surface area contributed by atoms with Crippen LogP contribution in [0.4, 0.5) is 0 Å². The van der Waals surface area contributed by atoms with Gasteiger partial charge in [0.05, 0.1) is 6.26 Å². The standard InChI is InChI=1S/C16H18N4O4S/c1-2-20-14(22)11(13(21)17-16(20)25)10-18-5-7-19(8-6-18)15(23)12-4-3-9-24-12/h3-4,9-10H,2,5-8H2,1H3,(H,17,21,25)/b11-10+. The van der Waals surface area contributed by atoms with Crippen LogP contribution in [-0.4, -0.2) is 70.3 Å². The fraction of sp³-hybridized carbons (Fsp3) is 0.375. The molecule has 9 heteroatoms. The summed E-state index contributed by atoms with van der Waals surface area (Å²) < 4.78 is 5.13. The molecule has 8 nitrogen and oxygen atoms in total. The SMILES string of the molecule is CCN1C(=O)/C(=C/N2CCN(C(=O)c3ccco3)CC2)C(=O)NC1=S. The second-order valence-electron chi connectivity index (χ2n) is 5.66. The summed E-state index contributed by atoms with van der Waals surface area (Å²) in [5, 5.41) is 2.65. The number of nitrogens with one attached hydrogen (secondary N) is 1. The van der Waals surface area contributed by atoms with Gasteiger partial charge in [-0.3, -0.25) is 24.6 Å². The Kier molecular flexibility index (Phi) is 4.84. The second kappa shape index (κ2) is 7.06. The summed E-state index contributed by atoms with van der Waals surface area (Å²) in [6.07, 6.45) is 3.02. The average Bonchev–Trinajstić information content (AvgIpc) is 3.13. The van der Waals surface area contributed by atoms with E-state index >= 15 is 0 Å². The summed E-state index contributed by atoms with van der Waals surface area (Å²) in [5.41, 5.74) is 0.0567. The van der Waals surface area contributed by atoms with Crippen LogP contribution in [0.1, 0.15) is 17.5 Å². The summed E-state index contributed by atoms with van der Waals surface area (Å²) in [6, 6.07) is 3.30. The van der Waals surface area contributed by atoms with Crippen molar-refractivity contribution in [3.8, 4) is 0 Å². The van der Waals surface area contributed by atoms with Gasteiger partial charge in [-0.05, 0) is 31.3 Å². The van der Waals surface area contributed by atoms with Crippen molar-refractivity contribution in [3.63, 3.8) is 0 Å². The summed E-state index contributed by atoms with van der Waals surface area (Å²) in [5.74, 6) is -0.744. The van der Waals surface area contributed by atoms with Crippen LogP contribution >= 0.6 is 12.2 Å². The van der Waals surface area contributed by atoms with Gasteiger partial charge in [0, 0.05) is 38.9 Å². The molecule has 3 rings (SSSR count). The molecule has 0 aliphatic carbocycles. The molecule has 1 N–H and O–H groups in total. The molecule has 0 bridgehead atoms. The van der Waals surface area contributed by atoms with Crippen molar-refractivity contribution in [1.82, 2.24) is 20.0 Å². The van der Waals surface area contributed by atoms with E-state index in [0.29, 0.717) is 38.5 Å². The molecule has 0 atom stereocenters. The van der Waals surface area contributed by atoms with Crippen molar-refractivity contribution in [3.05, 3.63) is 35.9 Å². The lowest BCUT2D eigenvalue weighted by Crippen LogP contribution is -2.54. The van der Waals surface area contributed by atoms with Crippen LogP contribution in [0, 0.1) is 0 Å². The summed E-state index contributed by atoms with van der Waals surface area (Å²) in [4.78, 5) is 41.6. The maximum absolute atomic E-state index is 12.4. The van der Waals surface area contributed by atoms with Crippen LogP contribution in [0.25, 0.3) is 0 Å². The molecule has 0 saturated carbocycles. The minimum Gasteiger partial charge on any atom is -0.459 e. The molecule has 0 unspecified atom stereocenters. The molecule has 0 radical (unpaired) electrons. The predicted octanol–water partition coefficient (Wildman–Crippen LogP) is 0.184. The zero-order valence-corrected chi connectivity index (χ0v) is 14.5. The topological polar surface area (TPSA) is 86.1 Å². The molecular formula is C16H18N4O4S. The predicted molar refractivity (Wildman–Crippen MR) is 92.4 cm³/mol. The summed E-state index contributed by atoms with van der Waals surface area (Å²) in [7, 11) is 0. The van der Waals surface area contributed by atoms with E-state index in [2.05, 4.69) is 5.32 Å². The van der Waals surface area contributed by atoms with E-state index in [4.69, 9.17) is 16.6 Å². The van der Waals surface area contributed by atoms with Crippen LogP contribution in [-0.2, 0) is 9.59 Å². The van der Waals surface area contributed by atoms with Gasteiger partial charge in [-0.2, -0.15) is 0 Å². The number of likely N-dealkylation sites (N-methyl/N-ethyl adjacent to an activating group) is 1. The Morgan fingerprint density at radius 1 is 1.32 bits per heavy atom. The molecule has 1 aromatic rings. The average molecular weight is 362 g/mol. The van der Waals surface area contributed by atoms with E-state index in [1.54, 1.807) is 30.2 Å². The number of furan rings is 1. The molecule has 2 fully saturated rings. The molecule has 132 valence electrons. The molecular weight excluding hydrogens is 344 g/mol. The Morgan fingerprint density at radius 3 is 2.64 bits per heavy atom. The van der Waals surface area contributed by atoms with Crippen molar-refractivity contribution < 1.29 is 18.8 Å². The first-order valence-corrected chi connectivity index (χ1v) is 8.38. The van der Waals surface area contributed by atoms with E-state index in [0.717, 1.165) is 0 Å². The second-order valence-corrected chi connectivity index (χ2v) is 6.04. The first-order chi connectivity index (χ1) is 12.0. The first kappa shape index (κ1) is 17.2. The smallest absolute Gasteiger partial charge is 0.289 e. The zero-order valence-electron chi connectivity index (χ0n) is 13.7. The Labute approximate surface area is 150 Å². The fourth-order valence-electron chi connectivity index (χ4n) is 2.76. The Hall–Kier alpha value is -2.68. The maximum atomic E-state index is 12.4. The van der Waals surface area contributed by atoms with E-state index in [-0.39, 0.29) is 16.6 Å². The van der Waals surface area contributed by atoms with Gasteiger partial charge < -0.3 is 14.2 Å². The molecule has 1 aromatic heterocycles. The van der Waals surface area contributed by atoms with Gasteiger partial charge in [0.1, 0.15) is 5.57 Å². The number of hydrogen-bond acceptors (Lipinski definition) is 6. The van der Waals surface area contributed by atoms with Crippen LogP contribution < -0.4 is 5.32 Å². The highest BCUT2D eigenvalue weighted by Crippen LogP contribution is 2.14. The van der Waals surface area contributed by atoms with Gasteiger partial charge in [-0.1, -0.05) is 0 Å². The first-order valence-electron chi connectivity index (χ1n) is 7.97. The van der Waals surface area contributed by atoms with Gasteiger partial charge in [0.15, 0.2) is 10.9 Å². The third kappa shape index (κ3) is 3.41. The van der Waals surface area contributed by atoms with E-state index in [1.165, 1.54) is 11.2 Å². The molecule has 0 aromatic carbocycles. The molecule has 2 saturated heterocycles. The van der Waals surface area contributed by atoms with Crippen molar-refractivity contribution in [1.29, 1.82) is 0 Å². The molecule has 3 heterocycles. The highest BCUT2D eigenvalue weighted by atomic mass is 32.1. The van der Waals surface area contributed by atoms with Crippen LogP contribution in [0.5, 0.6) is 0 Å². The van der Waals surface area contributed by atoms with Gasteiger partial charge in [-0.25, -0.2) is 0 Å². The number of hydrogen-bond donors (Lipinski definition) is 1. The Balaban J connectivity index is 1.65. The maximum Gasteiger partial charge on any atom is 0.289 e. The number of carbonyl (C=O) groups excluding carboxylic acids is 3. The number of piperazine rings is 1. The van der Waals surface area contributed by atoms with Crippen molar-refractivity contribution in [2.45, 2.75) is 6.92 Å². The lowest BCUT2D eigenvalue weighted by Gasteiger charge is -2.35. The fourth-order valence-corrected chi connectivity index (χ4v) is 3.07. The zero-order chi connectivity index (χ0) is 18.0. The largest absolute Gasteiger partial charge is 0.459 e. The highest BCUT2D eigenvalue weighted by Gasteiger charge is 2.33. The van der Waals surface area contributed by atoms with E-state index in [1.807, 2.05) is 4.90 Å². The number of thiocarbonyl (C=S) groups is 1. The summed E-state index contributed by atoms with van der Waals surface area (Å²) >= 11 is 5.00. The molecule has 25 heavy (non-hydrogen) atoms. The Bertz CT molecular complexity index is 735.